The summed E-state index contributed by atoms with van der Waals surface area (Å²) in [4.78, 5) is 12.1. The lowest BCUT2D eigenvalue weighted by atomic mass is 9.94. The summed E-state index contributed by atoms with van der Waals surface area (Å²) in [5.41, 5.74) is 0.592. The Kier molecular flexibility index (Phi) is 6.65. The summed E-state index contributed by atoms with van der Waals surface area (Å²) < 4.78 is 11.3. The van der Waals surface area contributed by atoms with E-state index in [9.17, 15) is 4.79 Å². The number of hydrogen-bond acceptors (Lipinski definition) is 3. The average Bonchev–Trinajstić information content (AvgIpc) is 2.38. The van der Waals surface area contributed by atoms with Crippen molar-refractivity contribution in [3.05, 3.63) is 34.3 Å². The number of halogens is 1. The summed E-state index contributed by atoms with van der Waals surface area (Å²) in [6.07, 6.45) is -0.500. The second-order valence-corrected chi connectivity index (χ2v) is 6.04. The topological polar surface area (TPSA) is 47.6 Å². The van der Waals surface area contributed by atoms with Crippen LogP contribution in [0.1, 0.15) is 26.3 Å². The molecule has 0 aliphatic carbocycles. The Bertz CT molecular complexity index is 431. The first-order valence-corrected chi connectivity index (χ1v) is 7.34. The lowest BCUT2D eigenvalue weighted by molar-refractivity contribution is -0.134. The molecular weight excluding hydrogens is 322 g/mol. The van der Waals surface area contributed by atoms with Gasteiger partial charge in [-0.3, -0.25) is 4.79 Å². The maximum atomic E-state index is 12.1. The molecule has 4 nitrogen and oxygen atoms in total. The molecule has 0 unspecified atom stereocenters. The lowest BCUT2D eigenvalue weighted by Crippen LogP contribution is -2.46. The van der Waals surface area contributed by atoms with Crippen molar-refractivity contribution in [2.75, 3.05) is 20.3 Å². The fourth-order valence-corrected chi connectivity index (χ4v) is 2.00. The number of rotatable bonds is 7. The molecule has 1 amide bonds. The van der Waals surface area contributed by atoms with E-state index in [1.165, 1.54) is 0 Å². The Balaban J connectivity index is 2.60. The van der Waals surface area contributed by atoms with E-state index in [0.29, 0.717) is 13.2 Å². The van der Waals surface area contributed by atoms with E-state index in [2.05, 4.69) is 21.2 Å². The number of carbonyl (C=O) groups is 1. The van der Waals surface area contributed by atoms with Gasteiger partial charge >= 0.3 is 0 Å². The highest BCUT2D eigenvalue weighted by Crippen LogP contribution is 2.22. The Morgan fingerprint density at radius 1 is 1.30 bits per heavy atom. The van der Waals surface area contributed by atoms with Crippen molar-refractivity contribution >= 4 is 21.8 Å². The molecule has 112 valence electrons. The number of carbonyl (C=O) groups excluding carboxylic acids is 1. The second kappa shape index (κ2) is 7.76. The minimum absolute atomic E-state index is 0.131. The molecule has 5 heteroatoms. The molecule has 1 aromatic carbocycles. The normalized spacial score (nSPS) is 13.1. The van der Waals surface area contributed by atoms with Crippen LogP contribution in [-0.2, 0) is 19.8 Å². The third kappa shape index (κ3) is 5.23. The van der Waals surface area contributed by atoms with Gasteiger partial charge in [-0.05, 0) is 38.5 Å². The van der Waals surface area contributed by atoms with Crippen molar-refractivity contribution in [2.24, 2.45) is 0 Å². The maximum Gasteiger partial charge on any atom is 0.249 e. The fourth-order valence-electron chi connectivity index (χ4n) is 1.73. The zero-order valence-corrected chi connectivity index (χ0v) is 14.0. The lowest BCUT2D eigenvalue weighted by Gasteiger charge is -2.28. The van der Waals surface area contributed by atoms with Gasteiger partial charge in [0.15, 0.2) is 0 Å². The number of nitrogens with one attached hydrogen (secondary N) is 1. The number of amides is 1. The van der Waals surface area contributed by atoms with Gasteiger partial charge in [0.1, 0.15) is 6.10 Å². The standard InChI is InChI=1S/C15H22BrNO3/c1-11(20-10-9-19-4)14(18)17-15(2,3)12-5-7-13(16)8-6-12/h5-8,11H,9-10H2,1-4H3,(H,17,18)/t11-/m1/s1. The number of ether oxygens (including phenoxy) is 2. The summed E-state index contributed by atoms with van der Waals surface area (Å²) in [5.74, 6) is -0.131. The Labute approximate surface area is 129 Å². The smallest absolute Gasteiger partial charge is 0.249 e. The summed E-state index contributed by atoms with van der Waals surface area (Å²) in [6, 6.07) is 7.89. The minimum Gasteiger partial charge on any atom is -0.382 e. The van der Waals surface area contributed by atoms with E-state index in [1.54, 1.807) is 14.0 Å². The van der Waals surface area contributed by atoms with E-state index in [0.717, 1.165) is 10.0 Å². The molecule has 0 aliphatic rings. The van der Waals surface area contributed by atoms with Gasteiger partial charge in [0.25, 0.3) is 0 Å². The molecule has 1 aromatic rings. The Morgan fingerprint density at radius 2 is 1.90 bits per heavy atom. The average molecular weight is 344 g/mol. The zero-order chi connectivity index (χ0) is 15.2. The molecule has 0 aliphatic heterocycles. The molecule has 0 spiro atoms. The fraction of sp³-hybridized carbons (Fsp3) is 0.533. The van der Waals surface area contributed by atoms with Gasteiger partial charge in [0.2, 0.25) is 5.91 Å². The van der Waals surface area contributed by atoms with Gasteiger partial charge < -0.3 is 14.8 Å². The first-order valence-electron chi connectivity index (χ1n) is 6.55. The largest absolute Gasteiger partial charge is 0.382 e. The maximum absolute atomic E-state index is 12.1. The van der Waals surface area contributed by atoms with Crippen molar-refractivity contribution in [3.63, 3.8) is 0 Å². The highest BCUT2D eigenvalue weighted by atomic mass is 79.9. The highest BCUT2D eigenvalue weighted by Gasteiger charge is 2.25. The number of hydrogen-bond donors (Lipinski definition) is 1. The van der Waals surface area contributed by atoms with Crippen LogP contribution in [0.4, 0.5) is 0 Å². The monoisotopic (exact) mass is 343 g/mol. The van der Waals surface area contributed by atoms with E-state index in [-0.39, 0.29) is 5.91 Å². The van der Waals surface area contributed by atoms with Crippen LogP contribution in [0.2, 0.25) is 0 Å². The van der Waals surface area contributed by atoms with Crippen molar-refractivity contribution in [2.45, 2.75) is 32.4 Å². The summed E-state index contributed by atoms with van der Waals surface area (Å²) in [6.45, 7) is 6.56. The van der Waals surface area contributed by atoms with Crippen molar-refractivity contribution in [1.82, 2.24) is 5.32 Å². The molecule has 0 aromatic heterocycles. The first-order chi connectivity index (χ1) is 9.36. The number of methoxy groups -OCH3 is 1. The van der Waals surface area contributed by atoms with Crippen LogP contribution < -0.4 is 5.32 Å². The van der Waals surface area contributed by atoms with Crippen molar-refractivity contribution < 1.29 is 14.3 Å². The summed E-state index contributed by atoms with van der Waals surface area (Å²) >= 11 is 3.40. The summed E-state index contributed by atoms with van der Waals surface area (Å²) in [5, 5.41) is 3.00. The van der Waals surface area contributed by atoms with Crippen molar-refractivity contribution in [3.8, 4) is 0 Å². The van der Waals surface area contributed by atoms with Crippen LogP contribution >= 0.6 is 15.9 Å². The van der Waals surface area contributed by atoms with Crippen LogP contribution in [0, 0.1) is 0 Å². The van der Waals surface area contributed by atoms with E-state index in [1.807, 2.05) is 38.1 Å². The highest BCUT2D eigenvalue weighted by molar-refractivity contribution is 9.10. The van der Waals surface area contributed by atoms with Crippen LogP contribution in [0.25, 0.3) is 0 Å². The molecule has 0 saturated carbocycles. The molecule has 0 bridgehead atoms. The Hall–Kier alpha value is -0.910. The molecule has 1 N–H and O–H groups in total. The third-order valence-corrected chi connectivity index (χ3v) is 3.55. The molecule has 1 atom stereocenters. The summed E-state index contributed by atoms with van der Waals surface area (Å²) in [7, 11) is 1.60. The van der Waals surface area contributed by atoms with Gasteiger partial charge in [0.05, 0.1) is 18.8 Å². The van der Waals surface area contributed by atoms with Gasteiger partial charge in [-0.25, -0.2) is 0 Å². The van der Waals surface area contributed by atoms with Crippen LogP contribution in [0.5, 0.6) is 0 Å². The predicted octanol–water partition coefficient (Wildman–Crippen LogP) is 2.85. The van der Waals surface area contributed by atoms with Crippen LogP contribution in [0.15, 0.2) is 28.7 Å². The zero-order valence-electron chi connectivity index (χ0n) is 12.4. The predicted molar refractivity (Wildman–Crippen MR) is 82.6 cm³/mol. The van der Waals surface area contributed by atoms with Crippen molar-refractivity contribution in [1.29, 1.82) is 0 Å². The molecule has 0 radical (unpaired) electrons. The van der Waals surface area contributed by atoms with E-state index in [4.69, 9.17) is 9.47 Å². The van der Waals surface area contributed by atoms with Gasteiger partial charge in [-0.2, -0.15) is 0 Å². The molecular formula is C15H22BrNO3. The molecule has 0 fully saturated rings. The molecule has 20 heavy (non-hydrogen) atoms. The van der Waals surface area contributed by atoms with Gasteiger partial charge in [0, 0.05) is 11.6 Å². The van der Waals surface area contributed by atoms with Gasteiger partial charge in [-0.15, -0.1) is 0 Å². The minimum atomic E-state index is -0.500. The quantitative estimate of drug-likeness (QED) is 0.774. The molecule has 1 rings (SSSR count). The van der Waals surface area contributed by atoms with E-state index >= 15 is 0 Å². The van der Waals surface area contributed by atoms with Gasteiger partial charge in [-0.1, -0.05) is 28.1 Å². The number of benzene rings is 1. The first kappa shape index (κ1) is 17.1. The van der Waals surface area contributed by atoms with E-state index < -0.39 is 11.6 Å². The third-order valence-electron chi connectivity index (χ3n) is 3.03. The molecule has 0 saturated heterocycles. The second-order valence-electron chi connectivity index (χ2n) is 5.13. The van der Waals surface area contributed by atoms with Crippen LogP contribution in [-0.4, -0.2) is 32.3 Å². The SMILES string of the molecule is COCCO[C@H](C)C(=O)NC(C)(C)c1ccc(Br)cc1. The molecule has 0 heterocycles. The van der Waals surface area contributed by atoms with Crippen LogP contribution in [0.3, 0.4) is 0 Å². The Morgan fingerprint density at radius 3 is 2.45 bits per heavy atom.